The molecule has 0 radical (unpaired) electrons. The van der Waals surface area contributed by atoms with E-state index in [1.54, 1.807) is 47.3 Å². The van der Waals surface area contributed by atoms with E-state index in [1.165, 1.54) is 12.1 Å². The number of hydrazine groups is 1. The maximum atomic E-state index is 13.3. The molecule has 0 bridgehead atoms. The van der Waals surface area contributed by atoms with Gasteiger partial charge in [0.05, 0.1) is 0 Å². The van der Waals surface area contributed by atoms with Gasteiger partial charge in [-0.25, -0.2) is 4.39 Å². The van der Waals surface area contributed by atoms with Gasteiger partial charge < -0.3 is 5.32 Å². The minimum Gasteiger partial charge on any atom is -0.334 e. The monoisotopic (exact) mass is 402 g/mol. The van der Waals surface area contributed by atoms with Crippen molar-refractivity contribution in [3.63, 3.8) is 0 Å². The summed E-state index contributed by atoms with van der Waals surface area (Å²) < 4.78 is 14.9. The molecule has 2 amide bonds. The highest BCUT2D eigenvalue weighted by atomic mass is 19.1. The lowest BCUT2D eigenvalue weighted by molar-refractivity contribution is -0.596. The second-order valence-electron chi connectivity index (χ2n) is 7.24. The summed E-state index contributed by atoms with van der Waals surface area (Å²) >= 11 is 0. The third-order valence-corrected chi connectivity index (χ3v) is 5.04. The number of halogens is 1. The Morgan fingerprint density at radius 1 is 1.00 bits per heavy atom. The van der Waals surface area contributed by atoms with Crippen LogP contribution in [-0.4, -0.2) is 28.8 Å². The molecule has 4 rings (SSSR count). The van der Waals surface area contributed by atoms with Gasteiger partial charge in [-0.2, -0.15) is 0 Å². The smallest absolute Gasteiger partial charge is 0.304 e. The number of hydrazone groups is 1. The van der Waals surface area contributed by atoms with Gasteiger partial charge in [-0.05, 0) is 43.3 Å². The first-order chi connectivity index (χ1) is 14.5. The lowest BCUT2D eigenvalue weighted by atomic mass is 9.98. The molecule has 1 aliphatic rings. The summed E-state index contributed by atoms with van der Waals surface area (Å²) in [6.45, 7) is 1.99. The molecule has 1 saturated heterocycles. The van der Waals surface area contributed by atoms with Crippen LogP contribution < -0.4 is 10.7 Å². The Bertz CT molecular complexity index is 1090. The van der Waals surface area contributed by atoms with Crippen LogP contribution in [0.3, 0.4) is 0 Å². The van der Waals surface area contributed by atoms with E-state index in [2.05, 4.69) is 10.7 Å². The van der Waals surface area contributed by atoms with E-state index in [4.69, 9.17) is 0 Å². The third kappa shape index (κ3) is 4.12. The summed E-state index contributed by atoms with van der Waals surface area (Å²) in [6.07, 6.45) is 1.73. The number of nitrogens with one attached hydrogen (secondary N) is 2. The van der Waals surface area contributed by atoms with Gasteiger partial charge in [0.2, 0.25) is 12.3 Å². The van der Waals surface area contributed by atoms with Gasteiger partial charge in [-0.15, -0.1) is 10.1 Å². The number of rotatable bonds is 4. The molecular formula is C24H21FN3O2+. The maximum Gasteiger partial charge on any atom is 0.304 e. The largest absolute Gasteiger partial charge is 0.334 e. The molecular weight excluding hydrogens is 381 g/mol. The number of hydrogen-bond donors (Lipinski definition) is 2. The highest BCUT2D eigenvalue weighted by molar-refractivity contribution is 5.98. The summed E-state index contributed by atoms with van der Waals surface area (Å²) in [5.41, 5.74) is 5.99. The van der Waals surface area contributed by atoms with Gasteiger partial charge in [0.15, 0.2) is 6.04 Å². The third-order valence-electron chi connectivity index (χ3n) is 5.04. The number of carbonyl (C=O) groups excluding carboxylic acids is 2. The number of nitrogens with zero attached hydrogens (tertiary/aromatic N) is 1. The SMILES string of the molecule is Cc1ccc([C@@H]2[C@@H](NC(=O)c3ccccc3)C(=O)N/[N+]2=C\c2ccc(F)cc2)cc1. The van der Waals surface area contributed by atoms with Crippen molar-refractivity contribution in [1.82, 2.24) is 10.7 Å². The molecule has 0 aliphatic carbocycles. The Hall–Kier alpha value is -3.80. The number of aryl methyl sites for hydroxylation is 1. The van der Waals surface area contributed by atoms with Crippen LogP contribution >= 0.6 is 0 Å². The first-order valence-electron chi connectivity index (χ1n) is 9.63. The standard InChI is InChI=1S/C24H20FN3O2/c1-16-7-11-18(12-8-16)22-21(26-23(29)19-5-3-2-4-6-19)24(30)27-28(22)15-17-9-13-20(25)14-10-17/h2-15,21-22H,1H3,(H-,26,27,29,30)/p+1/b28-15-/t21-,22-/m1/s1. The molecule has 30 heavy (non-hydrogen) atoms. The minimum absolute atomic E-state index is 0.316. The molecule has 150 valence electrons. The Morgan fingerprint density at radius 3 is 2.33 bits per heavy atom. The predicted molar refractivity (Wildman–Crippen MR) is 112 cm³/mol. The van der Waals surface area contributed by atoms with Gasteiger partial charge in [-0.3, -0.25) is 9.59 Å². The van der Waals surface area contributed by atoms with Gasteiger partial charge in [0.1, 0.15) is 5.82 Å². The van der Waals surface area contributed by atoms with Crippen LogP contribution in [0, 0.1) is 12.7 Å². The molecule has 3 aromatic rings. The topological polar surface area (TPSA) is 61.2 Å². The van der Waals surface area contributed by atoms with E-state index in [0.717, 1.165) is 16.7 Å². The van der Waals surface area contributed by atoms with Gasteiger partial charge in [-0.1, -0.05) is 48.0 Å². The van der Waals surface area contributed by atoms with Crippen LogP contribution in [0.5, 0.6) is 0 Å². The fourth-order valence-corrected chi connectivity index (χ4v) is 3.47. The van der Waals surface area contributed by atoms with Crippen LogP contribution in [-0.2, 0) is 4.79 Å². The highest BCUT2D eigenvalue weighted by Gasteiger charge is 2.47. The normalized spacial score (nSPS) is 19.5. The molecule has 5 nitrogen and oxygen atoms in total. The number of carbonyl (C=O) groups is 2. The van der Waals surface area contributed by atoms with Crippen LogP contribution in [0.2, 0.25) is 0 Å². The quantitative estimate of drug-likeness (QED) is 0.659. The summed E-state index contributed by atoms with van der Waals surface area (Å²) in [6, 6.07) is 21.3. The Labute approximate surface area is 173 Å². The van der Waals surface area contributed by atoms with E-state index >= 15 is 0 Å². The van der Waals surface area contributed by atoms with E-state index in [1.807, 2.05) is 37.3 Å². The van der Waals surface area contributed by atoms with Crippen molar-refractivity contribution in [2.75, 3.05) is 0 Å². The zero-order valence-electron chi connectivity index (χ0n) is 16.4. The van der Waals surface area contributed by atoms with Crippen molar-refractivity contribution in [3.05, 3.63) is 107 Å². The lowest BCUT2D eigenvalue weighted by Gasteiger charge is -2.15. The molecule has 1 aliphatic heterocycles. The van der Waals surface area contributed by atoms with Gasteiger partial charge in [0, 0.05) is 16.7 Å². The highest BCUT2D eigenvalue weighted by Crippen LogP contribution is 2.26. The number of hydrogen-bond acceptors (Lipinski definition) is 2. The zero-order valence-corrected chi connectivity index (χ0v) is 16.4. The molecule has 0 spiro atoms. The molecule has 2 N–H and O–H groups in total. The van der Waals surface area contributed by atoms with Crippen molar-refractivity contribution in [2.45, 2.75) is 19.0 Å². The molecule has 3 aromatic carbocycles. The minimum atomic E-state index is -0.794. The average Bonchev–Trinajstić information content (AvgIpc) is 3.05. The molecule has 2 atom stereocenters. The average molecular weight is 402 g/mol. The summed E-state index contributed by atoms with van der Waals surface area (Å²) in [7, 11) is 0. The Kier molecular flexibility index (Phi) is 5.39. The maximum absolute atomic E-state index is 13.3. The fraction of sp³-hybridized carbons (Fsp3) is 0.125. The van der Waals surface area contributed by atoms with Crippen LogP contribution in [0.25, 0.3) is 0 Å². The molecule has 0 unspecified atom stereocenters. The predicted octanol–water partition coefficient (Wildman–Crippen LogP) is 3.15. The lowest BCUT2D eigenvalue weighted by Crippen LogP contribution is -2.42. The Morgan fingerprint density at radius 2 is 1.67 bits per heavy atom. The summed E-state index contributed by atoms with van der Waals surface area (Å²) in [5, 5.41) is 2.86. The molecule has 0 aromatic heterocycles. The number of benzene rings is 3. The zero-order chi connectivity index (χ0) is 21.1. The van der Waals surface area contributed by atoms with E-state index in [-0.39, 0.29) is 17.6 Å². The van der Waals surface area contributed by atoms with E-state index in [9.17, 15) is 14.0 Å². The van der Waals surface area contributed by atoms with Gasteiger partial charge >= 0.3 is 5.91 Å². The molecule has 6 heteroatoms. The first kappa shape index (κ1) is 19.5. The van der Waals surface area contributed by atoms with Gasteiger partial charge in [0.25, 0.3) is 5.91 Å². The van der Waals surface area contributed by atoms with Crippen molar-refractivity contribution >= 4 is 18.0 Å². The second-order valence-corrected chi connectivity index (χ2v) is 7.24. The van der Waals surface area contributed by atoms with E-state index in [0.29, 0.717) is 5.56 Å². The van der Waals surface area contributed by atoms with Crippen LogP contribution in [0.15, 0.2) is 78.9 Å². The van der Waals surface area contributed by atoms with Crippen molar-refractivity contribution < 1.29 is 18.7 Å². The molecule has 1 fully saturated rings. The molecule has 0 saturated carbocycles. The van der Waals surface area contributed by atoms with Crippen molar-refractivity contribution in [2.24, 2.45) is 0 Å². The first-order valence-corrected chi connectivity index (χ1v) is 9.63. The number of amides is 2. The van der Waals surface area contributed by atoms with Crippen LogP contribution in [0.1, 0.15) is 33.1 Å². The van der Waals surface area contributed by atoms with E-state index < -0.39 is 12.1 Å². The van der Waals surface area contributed by atoms with Crippen molar-refractivity contribution in [3.8, 4) is 0 Å². The fourth-order valence-electron chi connectivity index (χ4n) is 3.47. The Balaban J connectivity index is 1.70. The molecule has 1 heterocycles. The summed E-state index contributed by atoms with van der Waals surface area (Å²) in [5.74, 6) is -0.972. The van der Waals surface area contributed by atoms with Crippen molar-refractivity contribution in [1.29, 1.82) is 0 Å². The summed E-state index contributed by atoms with van der Waals surface area (Å²) in [4.78, 5) is 25.5. The van der Waals surface area contributed by atoms with Crippen LogP contribution in [0.4, 0.5) is 4.39 Å². The second kappa shape index (κ2) is 8.29.